The molecule has 2 amide bonds. The second-order valence-electron chi connectivity index (χ2n) is 7.09. The molecule has 2 N–H and O–H groups in total. The summed E-state index contributed by atoms with van der Waals surface area (Å²) in [6, 6.07) is 14.3. The minimum atomic E-state index is -2.61. The largest absolute Gasteiger partial charge is 0.385 e. The highest BCUT2D eigenvalue weighted by Gasteiger charge is 2.37. The highest BCUT2D eigenvalue weighted by atomic mass is 19.3. The maximum absolute atomic E-state index is 13.2. The van der Waals surface area contributed by atoms with Gasteiger partial charge in [0.15, 0.2) is 0 Å². The molecule has 1 atom stereocenters. The monoisotopic (exact) mass is 406 g/mol. The molecule has 0 aromatic heterocycles. The first-order valence-corrected chi connectivity index (χ1v) is 9.66. The summed E-state index contributed by atoms with van der Waals surface area (Å²) in [5.41, 5.74) is 4.24. The number of nitriles is 1. The predicted octanol–water partition coefficient (Wildman–Crippen LogP) is 4.92. The summed E-state index contributed by atoms with van der Waals surface area (Å²) in [4.78, 5) is 14.6. The van der Waals surface area contributed by atoms with Crippen LogP contribution in [0.25, 0.3) is 0 Å². The van der Waals surface area contributed by atoms with Gasteiger partial charge in [-0.3, -0.25) is 4.90 Å². The second kappa shape index (κ2) is 7.99. The van der Waals surface area contributed by atoms with Crippen molar-refractivity contribution in [2.45, 2.75) is 25.8 Å². The number of carbonyl (C=O) groups excluding carboxylic acids is 1. The summed E-state index contributed by atoms with van der Waals surface area (Å²) in [5, 5.41) is 15.4. The topological polar surface area (TPSA) is 68.2 Å². The fourth-order valence-electron chi connectivity index (χ4n) is 3.97. The number of allylic oxidation sites excluding steroid dienone is 1. The summed E-state index contributed by atoms with van der Waals surface area (Å²) in [6.45, 7) is 2.54. The quantitative estimate of drug-likeness (QED) is 0.760. The molecule has 2 heterocycles. The van der Waals surface area contributed by atoms with Crippen molar-refractivity contribution >= 4 is 11.7 Å². The highest BCUT2D eigenvalue weighted by Crippen LogP contribution is 2.40. The maximum Gasteiger partial charge on any atom is 0.327 e. The van der Waals surface area contributed by atoms with Gasteiger partial charge in [-0.1, -0.05) is 30.3 Å². The highest BCUT2D eigenvalue weighted by molar-refractivity contribution is 5.98. The van der Waals surface area contributed by atoms with E-state index in [1.54, 1.807) is 18.2 Å². The minimum absolute atomic E-state index is 0.128. The van der Waals surface area contributed by atoms with Gasteiger partial charge in [-0.05, 0) is 36.8 Å². The molecular formula is C23H20F2N4O. The van der Waals surface area contributed by atoms with Crippen molar-refractivity contribution in [3.05, 3.63) is 88.3 Å². The lowest BCUT2D eigenvalue weighted by molar-refractivity contribution is 0.151. The van der Waals surface area contributed by atoms with Crippen LogP contribution in [0, 0.1) is 11.3 Å². The molecule has 0 fully saturated rings. The fraction of sp³-hybridized carbons (Fsp3) is 0.217. The lowest BCUT2D eigenvalue weighted by atomic mass is 9.88. The van der Waals surface area contributed by atoms with E-state index < -0.39 is 12.5 Å². The van der Waals surface area contributed by atoms with Gasteiger partial charge in [-0.15, -0.1) is 0 Å². The molecule has 152 valence electrons. The van der Waals surface area contributed by atoms with Crippen LogP contribution in [0.2, 0.25) is 0 Å². The van der Waals surface area contributed by atoms with Gasteiger partial charge < -0.3 is 10.6 Å². The Morgan fingerprint density at radius 2 is 2.00 bits per heavy atom. The van der Waals surface area contributed by atoms with Crippen LogP contribution < -0.4 is 15.5 Å². The zero-order valence-corrected chi connectivity index (χ0v) is 16.3. The smallest absolute Gasteiger partial charge is 0.327 e. The normalized spacial score (nSPS) is 20.0. The van der Waals surface area contributed by atoms with E-state index in [9.17, 15) is 13.6 Å². The molecule has 7 heteroatoms. The number of amides is 2. The molecule has 0 unspecified atom stereocenters. The molecule has 2 aliphatic heterocycles. The third kappa shape index (κ3) is 3.41. The van der Waals surface area contributed by atoms with Gasteiger partial charge in [0.1, 0.15) is 0 Å². The molecule has 30 heavy (non-hydrogen) atoms. The Morgan fingerprint density at radius 3 is 2.67 bits per heavy atom. The molecule has 2 aromatic rings. The average Bonchev–Trinajstić information content (AvgIpc) is 2.78. The van der Waals surface area contributed by atoms with Gasteiger partial charge in [0.05, 0.1) is 23.4 Å². The molecule has 0 saturated carbocycles. The standard InChI is InChI=1S/C23H20F2N4O/c1-2-18-20-19(10-11-27-18)29(17-5-3-4-16(12-17)22(24)25)23(30)28-21(20)15-8-6-14(13-26)7-9-15/h2-9,12,21-22,27H,10-11H2,1H3,(H,28,30)/t21-/m1/s1. The fourth-order valence-corrected chi connectivity index (χ4v) is 3.97. The Balaban J connectivity index is 1.85. The van der Waals surface area contributed by atoms with Crippen molar-refractivity contribution in [3.63, 3.8) is 0 Å². The zero-order valence-electron chi connectivity index (χ0n) is 16.3. The lowest BCUT2D eigenvalue weighted by Gasteiger charge is -2.41. The molecule has 2 aromatic carbocycles. The molecular weight excluding hydrogens is 386 g/mol. The van der Waals surface area contributed by atoms with Crippen molar-refractivity contribution in [3.8, 4) is 6.07 Å². The third-order valence-electron chi connectivity index (χ3n) is 5.35. The Morgan fingerprint density at radius 1 is 1.23 bits per heavy atom. The number of urea groups is 1. The molecule has 4 rings (SSSR count). The van der Waals surface area contributed by atoms with Gasteiger partial charge in [-0.2, -0.15) is 5.26 Å². The number of nitrogens with one attached hydrogen (secondary N) is 2. The van der Waals surface area contributed by atoms with Crippen molar-refractivity contribution in [2.75, 3.05) is 11.4 Å². The van der Waals surface area contributed by atoms with Crippen LogP contribution in [-0.2, 0) is 0 Å². The van der Waals surface area contributed by atoms with Crippen LogP contribution in [0.5, 0.6) is 0 Å². The number of hydrogen-bond donors (Lipinski definition) is 2. The maximum atomic E-state index is 13.2. The van der Waals surface area contributed by atoms with E-state index in [0.29, 0.717) is 24.2 Å². The second-order valence-corrected chi connectivity index (χ2v) is 7.09. The summed E-state index contributed by atoms with van der Waals surface area (Å²) in [6.07, 6.45) is -0.0981. The number of alkyl halides is 2. The van der Waals surface area contributed by atoms with E-state index in [1.807, 2.05) is 25.1 Å². The van der Waals surface area contributed by atoms with Crippen LogP contribution in [-0.4, -0.2) is 12.6 Å². The van der Waals surface area contributed by atoms with Gasteiger partial charge in [0.2, 0.25) is 0 Å². The van der Waals surface area contributed by atoms with Crippen molar-refractivity contribution < 1.29 is 13.6 Å². The SMILES string of the molecule is CC=C1NCCC2=C1[C@@H](c1ccc(C#N)cc1)NC(=O)N2c1cccc(C(F)F)c1. The molecule has 2 aliphatic rings. The van der Waals surface area contributed by atoms with Crippen molar-refractivity contribution in [1.29, 1.82) is 5.26 Å². The summed E-state index contributed by atoms with van der Waals surface area (Å²) in [7, 11) is 0. The van der Waals surface area contributed by atoms with Crippen molar-refractivity contribution in [2.24, 2.45) is 0 Å². The van der Waals surface area contributed by atoms with Gasteiger partial charge in [0.25, 0.3) is 6.43 Å². The Hall–Kier alpha value is -3.66. The minimum Gasteiger partial charge on any atom is -0.385 e. The summed E-state index contributed by atoms with van der Waals surface area (Å²) in [5.74, 6) is 0. The summed E-state index contributed by atoms with van der Waals surface area (Å²) >= 11 is 0. The Kier molecular flexibility index (Phi) is 5.23. The number of hydrogen-bond acceptors (Lipinski definition) is 3. The molecule has 0 saturated heterocycles. The molecule has 0 aliphatic carbocycles. The van der Waals surface area contributed by atoms with Crippen LogP contribution >= 0.6 is 0 Å². The van der Waals surface area contributed by atoms with E-state index in [2.05, 4.69) is 16.7 Å². The number of benzene rings is 2. The van der Waals surface area contributed by atoms with Crippen LogP contribution in [0.1, 0.15) is 42.5 Å². The van der Waals surface area contributed by atoms with Crippen LogP contribution in [0.4, 0.5) is 19.3 Å². The van der Waals surface area contributed by atoms with Gasteiger partial charge in [-0.25, -0.2) is 13.6 Å². The molecule has 0 bridgehead atoms. The van der Waals surface area contributed by atoms with Crippen molar-refractivity contribution in [1.82, 2.24) is 10.6 Å². The van der Waals surface area contributed by atoms with E-state index in [-0.39, 0.29) is 11.6 Å². The Labute approximate surface area is 173 Å². The molecule has 5 nitrogen and oxygen atoms in total. The zero-order chi connectivity index (χ0) is 21.3. The molecule has 0 spiro atoms. The summed E-state index contributed by atoms with van der Waals surface area (Å²) < 4.78 is 26.5. The third-order valence-corrected chi connectivity index (χ3v) is 5.35. The predicted molar refractivity (Wildman–Crippen MR) is 110 cm³/mol. The van der Waals surface area contributed by atoms with E-state index in [1.165, 1.54) is 23.1 Å². The number of nitrogens with zero attached hydrogens (tertiary/aromatic N) is 2. The average molecular weight is 406 g/mol. The van der Waals surface area contributed by atoms with Gasteiger partial charge in [0, 0.05) is 35.5 Å². The van der Waals surface area contributed by atoms with Gasteiger partial charge >= 0.3 is 6.03 Å². The van der Waals surface area contributed by atoms with Crippen LogP contribution in [0.3, 0.4) is 0 Å². The van der Waals surface area contributed by atoms with E-state index >= 15 is 0 Å². The number of halogens is 2. The first-order chi connectivity index (χ1) is 14.5. The number of anilines is 1. The Bertz CT molecular complexity index is 1080. The first kappa shape index (κ1) is 19.6. The van der Waals surface area contributed by atoms with E-state index in [0.717, 1.165) is 22.5 Å². The lowest BCUT2D eigenvalue weighted by Crippen LogP contribution is -2.50. The molecule has 0 radical (unpaired) electrons. The van der Waals surface area contributed by atoms with E-state index in [4.69, 9.17) is 5.26 Å². The number of carbonyl (C=O) groups is 1. The van der Waals surface area contributed by atoms with Crippen LogP contribution in [0.15, 0.2) is 71.6 Å². The first-order valence-electron chi connectivity index (χ1n) is 9.66. The number of rotatable bonds is 3.